The van der Waals surface area contributed by atoms with E-state index in [0.29, 0.717) is 13.2 Å². The largest absolute Gasteiger partial charge is 0.500 e. The van der Waals surface area contributed by atoms with Gasteiger partial charge in [0.25, 0.3) is 0 Å². The average molecular weight is 184 g/mol. The second kappa shape index (κ2) is 7.34. The normalized spacial score (nSPS) is 11.0. The highest BCUT2D eigenvalue weighted by Gasteiger charge is 2.03. The van der Waals surface area contributed by atoms with Crippen molar-refractivity contribution < 1.29 is 9.53 Å². The summed E-state index contributed by atoms with van der Waals surface area (Å²) >= 11 is 0. The Morgan fingerprint density at radius 2 is 2.23 bits per heavy atom. The SMILES string of the molecule is CC=COCCN(C)C(=O)N=CC. The number of carbonyl (C=O) groups is 1. The summed E-state index contributed by atoms with van der Waals surface area (Å²) in [5, 5.41) is 0. The van der Waals surface area contributed by atoms with Crippen LogP contribution in [0.3, 0.4) is 0 Å². The molecule has 0 saturated heterocycles. The molecule has 0 rings (SSSR count). The Morgan fingerprint density at radius 1 is 1.54 bits per heavy atom. The van der Waals surface area contributed by atoms with Gasteiger partial charge >= 0.3 is 6.03 Å². The number of amides is 2. The topological polar surface area (TPSA) is 41.9 Å². The summed E-state index contributed by atoms with van der Waals surface area (Å²) in [7, 11) is 1.69. The van der Waals surface area contributed by atoms with E-state index in [0.717, 1.165) is 0 Å². The molecule has 0 aromatic rings. The van der Waals surface area contributed by atoms with Crippen LogP contribution in [0.1, 0.15) is 13.8 Å². The Balaban J connectivity index is 3.61. The number of aliphatic imine (C=N–C) groups is 1. The van der Waals surface area contributed by atoms with Crippen LogP contribution in [0.25, 0.3) is 0 Å². The second-order valence-corrected chi connectivity index (χ2v) is 2.43. The number of hydrogen-bond donors (Lipinski definition) is 0. The fourth-order valence-electron chi connectivity index (χ4n) is 0.659. The summed E-state index contributed by atoms with van der Waals surface area (Å²) in [4.78, 5) is 16.2. The van der Waals surface area contributed by atoms with Crippen LogP contribution >= 0.6 is 0 Å². The van der Waals surface area contributed by atoms with E-state index in [9.17, 15) is 4.79 Å². The van der Waals surface area contributed by atoms with Gasteiger partial charge in [0, 0.05) is 13.3 Å². The highest BCUT2D eigenvalue weighted by molar-refractivity contribution is 5.82. The lowest BCUT2D eigenvalue weighted by Gasteiger charge is -2.12. The molecule has 0 aromatic carbocycles. The Morgan fingerprint density at radius 3 is 2.77 bits per heavy atom. The van der Waals surface area contributed by atoms with Crippen molar-refractivity contribution in [3.63, 3.8) is 0 Å². The van der Waals surface area contributed by atoms with Crippen molar-refractivity contribution in [3.8, 4) is 0 Å². The van der Waals surface area contributed by atoms with E-state index in [1.807, 2.05) is 6.92 Å². The molecule has 0 atom stereocenters. The van der Waals surface area contributed by atoms with Crippen LogP contribution in [-0.2, 0) is 4.74 Å². The second-order valence-electron chi connectivity index (χ2n) is 2.43. The Bertz CT molecular complexity index is 200. The van der Waals surface area contributed by atoms with Gasteiger partial charge in [-0.05, 0) is 13.8 Å². The van der Waals surface area contributed by atoms with Crippen LogP contribution in [0.5, 0.6) is 0 Å². The minimum absolute atomic E-state index is 0.244. The molecule has 4 nitrogen and oxygen atoms in total. The van der Waals surface area contributed by atoms with Crippen molar-refractivity contribution in [3.05, 3.63) is 12.3 Å². The van der Waals surface area contributed by atoms with Gasteiger partial charge in [-0.15, -0.1) is 0 Å². The lowest BCUT2D eigenvalue weighted by molar-refractivity contribution is 0.188. The van der Waals surface area contributed by atoms with Crippen LogP contribution in [0.4, 0.5) is 4.79 Å². The van der Waals surface area contributed by atoms with Gasteiger partial charge in [-0.25, -0.2) is 9.79 Å². The van der Waals surface area contributed by atoms with Crippen molar-refractivity contribution in [1.82, 2.24) is 4.90 Å². The minimum atomic E-state index is -0.244. The van der Waals surface area contributed by atoms with Crippen molar-refractivity contribution in [1.29, 1.82) is 0 Å². The maximum absolute atomic E-state index is 11.1. The molecule has 0 spiro atoms. The van der Waals surface area contributed by atoms with E-state index in [1.54, 1.807) is 26.3 Å². The molecular weight excluding hydrogens is 168 g/mol. The van der Waals surface area contributed by atoms with Gasteiger partial charge in [0.15, 0.2) is 0 Å². The lowest BCUT2D eigenvalue weighted by Crippen LogP contribution is -2.27. The molecule has 0 N–H and O–H groups in total. The number of ether oxygens (including phenoxy) is 1. The first-order valence-electron chi connectivity index (χ1n) is 4.19. The number of urea groups is 1. The highest BCUT2D eigenvalue weighted by atomic mass is 16.5. The van der Waals surface area contributed by atoms with Crippen LogP contribution in [-0.4, -0.2) is 37.3 Å². The zero-order valence-electron chi connectivity index (χ0n) is 8.36. The zero-order chi connectivity index (χ0) is 10.1. The van der Waals surface area contributed by atoms with E-state index in [4.69, 9.17) is 4.74 Å². The Kier molecular flexibility index (Phi) is 6.59. The third kappa shape index (κ3) is 5.90. The molecule has 0 bridgehead atoms. The van der Waals surface area contributed by atoms with Gasteiger partial charge < -0.3 is 9.64 Å². The Hall–Kier alpha value is -1.32. The van der Waals surface area contributed by atoms with Crippen LogP contribution < -0.4 is 0 Å². The molecule has 0 aliphatic heterocycles. The van der Waals surface area contributed by atoms with Gasteiger partial charge in [0.05, 0.1) is 12.8 Å². The number of carbonyl (C=O) groups excluding carboxylic acids is 1. The maximum atomic E-state index is 11.1. The van der Waals surface area contributed by atoms with Gasteiger partial charge in [-0.1, -0.05) is 6.08 Å². The third-order valence-electron chi connectivity index (χ3n) is 1.34. The maximum Gasteiger partial charge on any atom is 0.343 e. The summed E-state index contributed by atoms with van der Waals surface area (Å²) in [6, 6.07) is -0.244. The monoisotopic (exact) mass is 184 g/mol. The fourth-order valence-corrected chi connectivity index (χ4v) is 0.659. The van der Waals surface area contributed by atoms with Crippen LogP contribution in [0, 0.1) is 0 Å². The summed E-state index contributed by atoms with van der Waals surface area (Å²) in [5.74, 6) is 0. The molecule has 0 aliphatic carbocycles. The molecule has 0 heterocycles. The van der Waals surface area contributed by atoms with E-state index in [-0.39, 0.29) is 6.03 Å². The fraction of sp³-hybridized carbons (Fsp3) is 0.556. The first-order chi connectivity index (χ1) is 6.22. The number of rotatable bonds is 4. The van der Waals surface area contributed by atoms with Gasteiger partial charge in [-0.3, -0.25) is 0 Å². The summed E-state index contributed by atoms with van der Waals surface area (Å²) in [6.07, 6.45) is 4.87. The molecule has 4 heteroatoms. The van der Waals surface area contributed by atoms with E-state index in [2.05, 4.69) is 4.99 Å². The van der Waals surface area contributed by atoms with Crippen molar-refractivity contribution >= 4 is 12.2 Å². The van der Waals surface area contributed by atoms with Gasteiger partial charge in [-0.2, -0.15) is 0 Å². The molecule has 0 aliphatic rings. The average Bonchev–Trinajstić information content (AvgIpc) is 2.12. The predicted molar refractivity (Wildman–Crippen MR) is 53.0 cm³/mol. The quantitative estimate of drug-likeness (QED) is 0.379. The number of likely N-dealkylation sites (N-methyl/N-ethyl adjacent to an activating group) is 1. The van der Waals surface area contributed by atoms with Gasteiger partial charge in [0.2, 0.25) is 0 Å². The number of hydrogen-bond acceptors (Lipinski definition) is 2. The van der Waals surface area contributed by atoms with Crippen molar-refractivity contribution in [2.45, 2.75) is 13.8 Å². The van der Waals surface area contributed by atoms with Crippen molar-refractivity contribution in [2.75, 3.05) is 20.2 Å². The highest BCUT2D eigenvalue weighted by Crippen LogP contribution is 1.89. The molecule has 0 fully saturated rings. The number of allylic oxidation sites excluding steroid dienone is 1. The Labute approximate surface area is 78.9 Å². The van der Waals surface area contributed by atoms with E-state index in [1.165, 1.54) is 11.1 Å². The first-order valence-corrected chi connectivity index (χ1v) is 4.19. The molecule has 74 valence electrons. The summed E-state index contributed by atoms with van der Waals surface area (Å²) < 4.78 is 5.06. The predicted octanol–water partition coefficient (Wildman–Crippen LogP) is 1.68. The third-order valence-corrected chi connectivity index (χ3v) is 1.34. The first kappa shape index (κ1) is 11.7. The lowest BCUT2D eigenvalue weighted by atomic mass is 10.6. The molecule has 13 heavy (non-hydrogen) atoms. The number of nitrogens with zero attached hydrogens (tertiary/aromatic N) is 2. The standard InChI is InChI=1S/C9H16N2O2/c1-4-7-13-8-6-11(3)9(12)10-5-2/h4-5,7H,6,8H2,1-3H3. The molecule has 0 saturated carbocycles. The van der Waals surface area contributed by atoms with Crippen molar-refractivity contribution in [2.24, 2.45) is 4.99 Å². The van der Waals surface area contributed by atoms with Gasteiger partial charge in [0.1, 0.15) is 6.61 Å². The van der Waals surface area contributed by atoms with Crippen LogP contribution in [0.15, 0.2) is 17.3 Å². The smallest absolute Gasteiger partial charge is 0.343 e. The zero-order valence-corrected chi connectivity index (χ0v) is 8.36. The molecule has 0 unspecified atom stereocenters. The molecular formula is C9H16N2O2. The van der Waals surface area contributed by atoms with E-state index >= 15 is 0 Å². The molecule has 0 aromatic heterocycles. The summed E-state index contributed by atoms with van der Waals surface area (Å²) in [5.41, 5.74) is 0. The summed E-state index contributed by atoms with van der Waals surface area (Å²) in [6.45, 7) is 4.62. The minimum Gasteiger partial charge on any atom is -0.500 e. The van der Waals surface area contributed by atoms with Crippen LogP contribution in [0.2, 0.25) is 0 Å². The molecule has 0 radical (unpaired) electrons. The van der Waals surface area contributed by atoms with E-state index < -0.39 is 0 Å². The molecule has 2 amide bonds.